The second-order valence-corrected chi connectivity index (χ2v) is 6.68. The van der Waals surface area contributed by atoms with Gasteiger partial charge in [-0.05, 0) is 31.4 Å². The average Bonchev–Trinajstić information content (AvgIpc) is 3.00. The highest BCUT2D eigenvalue weighted by Crippen LogP contribution is 2.26. The van der Waals surface area contributed by atoms with Crippen LogP contribution in [0.5, 0.6) is 0 Å². The van der Waals surface area contributed by atoms with E-state index in [4.69, 9.17) is 0 Å². The number of aliphatic hydroxyl groups is 3. The maximum atomic E-state index is 10.0. The molecule has 1 unspecified atom stereocenters. The Hall–Kier alpha value is -1.14. The monoisotopic (exact) mass is 306 g/mol. The van der Waals surface area contributed by atoms with Crippen LogP contribution in [0.2, 0.25) is 0 Å². The number of likely N-dealkylation sites (tertiary alicyclic amines) is 1. The van der Waals surface area contributed by atoms with Gasteiger partial charge in [-0.3, -0.25) is 4.90 Å². The third kappa shape index (κ3) is 3.13. The summed E-state index contributed by atoms with van der Waals surface area (Å²) >= 11 is 0. The van der Waals surface area contributed by atoms with E-state index in [1.165, 1.54) is 5.69 Å². The summed E-state index contributed by atoms with van der Waals surface area (Å²) in [6, 6.07) is 10.3. The number of nitrogens with zero attached hydrogens (tertiary/aromatic N) is 2. The van der Waals surface area contributed by atoms with Gasteiger partial charge in [0.1, 0.15) is 6.10 Å². The summed E-state index contributed by atoms with van der Waals surface area (Å²) < 4.78 is 0. The molecule has 0 bridgehead atoms. The molecule has 1 aromatic carbocycles. The van der Waals surface area contributed by atoms with Crippen LogP contribution in [0.15, 0.2) is 30.3 Å². The van der Waals surface area contributed by atoms with Crippen LogP contribution in [0.3, 0.4) is 0 Å². The summed E-state index contributed by atoms with van der Waals surface area (Å²) in [5.41, 5.74) is 1.26. The molecule has 0 aromatic heterocycles. The Morgan fingerprint density at radius 3 is 2.50 bits per heavy atom. The normalized spacial score (nSPS) is 36.7. The number of piperidine rings is 1. The van der Waals surface area contributed by atoms with Crippen molar-refractivity contribution in [3.8, 4) is 0 Å². The molecule has 5 heteroatoms. The first-order chi connectivity index (χ1) is 10.6. The quantitative estimate of drug-likeness (QED) is 0.749. The average molecular weight is 306 g/mol. The number of hydrogen-bond acceptors (Lipinski definition) is 5. The maximum Gasteiger partial charge on any atom is 0.108 e. The first kappa shape index (κ1) is 15.7. The van der Waals surface area contributed by atoms with Crippen molar-refractivity contribution in [1.29, 1.82) is 0 Å². The smallest absolute Gasteiger partial charge is 0.108 e. The minimum Gasteiger partial charge on any atom is -0.389 e. The Labute approximate surface area is 131 Å². The molecular weight excluding hydrogens is 280 g/mol. The second kappa shape index (κ2) is 6.54. The van der Waals surface area contributed by atoms with Crippen LogP contribution in [0, 0.1) is 5.92 Å². The summed E-state index contributed by atoms with van der Waals surface area (Å²) in [5.74, 6) is 0.525. The van der Waals surface area contributed by atoms with Crippen molar-refractivity contribution in [1.82, 2.24) is 4.90 Å². The molecule has 0 saturated carbocycles. The van der Waals surface area contributed by atoms with Crippen molar-refractivity contribution in [2.45, 2.75) is 37.7 Å². The minimum atomic E-state index is -1.03. The summed E-state index contributed by atoms with van der Waals surface area (Å²) in [6.07, 6.45) is -1.66. The number of para-hydroxylation sites is 1. The number of anilines is 1. The molecule has 22 heavy (non-hydrogen) atoms. The van der Waals surface area contributed by atoms with E-state index in [9.17, 15) is 15.3 Å². The molecule has 5 nitrogen and oxygen atoms in total. The van der Waals surface area contributed by atoms with Crippen molar-refractivity contribution >= 4 is 5.69 Å². The Morgan fingerprint density at radius 2 is 1.77 bits per heavy atom. The third-order valence-corrected chi connectivity index (χ3v) is 5.14. The molecule has 0 radical (unpaired) electrons. The van der Waals surface area contributed by atoms with E-state index < -0.39 is 18.3 Å². The SMILES string of the molecule is C[C@@H]1[C@@H](O)[C@H](O)[C@@H](O)CN1CC1CCN(c2ccccc2)C1. The highest BCUT2D eigenvalue weighted by Gasteiger charge is 2.40. The van der Waals surface area contributed by atoms with Crippen molar-refractivity contribution in [2.75, 3.05) is 31.1 Å². The van der Waals surface area contributed by atoms with Crippen LogP contribution in [0.1, 0.15) is 13.3 Å². The van der Waals surface area contributed by atoms with E-state index in [1.807, 2.05) is 13.0 Å². The fraction of sp³-hybridized carbons (Fsp3) is 0.647. The van der Waals surface area contributed by atoms with Gasteiger partial charge in [-0.25, -0.2) is 0 Å². The predicted octanol–water partition coefficient (Wildman–Crippen LogP) is 0.300. The van der Waals surface area contributed by atoms with Gasteiger partial charge in [0.05, 0.1) is 12.2 Å². The summed E-state index contributed by atoms with van der Waals surface area (Å²) in [5, 5.41) is 29.7. The van der Waals surface area contributed by atoms with Gasteiger partial charge >= 0.3 is 0 Å². The molecule has 0 amide bonds. The number of hydrogen-bond donors (Lipinski definition) is 3. The van der Waals surface area contributed by atoms with Crippen molar-refractivity contribution in [2.24, 2.45) is 5.92 Å². The zero-order valence-corrected chi connectivity index (χ0v) is 13.0. The molecule has 5 atom stereocenters. The maximum absolute atomic E-state index is 10.0. The predicted molar refractivity (Wildman–Crippen MR) is 85.8 cm³/mol. The highest BCUT2D eigenvalue weighted by molar-refractivity contribution is 5.46. The van der Waals surface area contributed by atoms with Gasteiger partial charge < -0.3 is 20.2 Å². The largest absolute Gasteiger partial charge is 0.389 e. The van der Waals surface area contributed by atoms with Gasteiger partial charge in [0.15, 0.2) is 0 Å². The molecule has 0 aliphatic carbocycles. The number of rotatable bonds is 3. The van der Waals surface area contributed by atoms with E-state index in [0.29, 0.717) is 12.5 Å². The lowest BCUT2D eigenvalue weighted by molar-refractivity contribution is -0.134. The van der Waals surface area contributed by atoms with Gasteiger partial charge in [-0.15, -0.1) is 0 Å². The number of benzene rings is 1. The number of aliphatic hydroxyl groups excluding tert-OH is 3. The van der Waals surface area contributed by atoms with E-state index in [1.54, 1.807) is 0 Å². The van der Waals surface area contributed by atoms with Gasteiger partial charge in [0.25, 0.3) is 0 Å². The molecule has 3 rings (SSSR count). The van der Waals surface area contributed by atoms with Crippen LogP contribution in [-0.4, -0.2) is 70.8 Å². The summed E-state index contributed by atoms with van der Waals surface area (Å²) in [4.78, 5) is 4.50. The standard InChI is InChI=1S/C17H26N2O3/c1-12-16(21)17(22)15(20)11-19(12)10-13-7-8-18(9-13)14-5-3-2-4-6-14/h2-6,12-13,15-17,20-22H,7-11H2,1H3/t12-,13?,15+,16-,17-/m1/s1. The van der Waals surface area contributed by atoms with E-state index in [2.05, 4.69) is 34.1 Å². The zero-order valence-electron chi connectivity index (χ0n) is 13.0. The van der Waals surface area contributed by atoms with Crippen molar-refractivity contribution < 1.29 is 15.3 Å². The minimum absolute atomic E-state index is 0.121. The fourth-order valence-corrected chi connectivity index (χ4v) is 3.67. The van der Waals surface area contributed by atoms with Crippen molar-refractivity contribution in [3.05, 3.63) is 30.3 Å². The Morgan fingerprint density at radius 1 is 1.05 bits per heavy atom. The van der Waals surface area contributed by atoms with Crippen molar-refractivity contribution in [3.63, 3.8) is 0 Å². The highest BCUT2D eigenvalue weighted by atomic mass is 16.4. The molecule has 2 fully saturated rings. The first-order valence-corrected chi connectivity index (χ1v) is 8.14. The molecule has 1 aromatic rings. The Kier molecular flexibility index (Phi) is 4.68. The van der Waals surface area contributed by atoms with Crippen LogP contribution in [0.25, 0.3) is 0 Å². The lowest BCUT2D eigenvalue weighted by atomic mass is 9.93. The Bertz CT molecular complexity index is 484. The third-order valence-electron chi connectivity index (χ3n) is 5.14. The van der Waals surface area contributed by atoms with Gasteiger partial charge in [-0.2, -0.15) is 0 Å². The fourth-order valence-electron chi connectivity index (χ4n) is 3.67. The molecule has 3 N–H and O–H groups in total. The van der Waals surface area contributed by atoms with Gasteiger partial charge in [-0.1, -0.05) is 18.2 Å². The van der Waals surface area contributed by atoms with Crippen LogP contribution < -0.4 is 4.90 Å². The Balaban J connectivity index is 1.58. The topological polar surface area (TPSA) is 67.2 Å². The van der Waals surface area contributed by atoms with Crippen LogP contribution >= 0.6 is 0 Å². The zero-order chi connectivity index (χ0) is 15.7. The molecular formula is C17H26N2O3. The first-order valence-electron chi connectivity index (χ1n) is 8.14. The lowest BCUT2D eigenvalue weighted by Gasteiger charge is -2.43. The molecule has 2 heterocycles. The number of β-amino-alcohol motifs (C(OH)–C–C–N with tert-alkyl or cyclic N) is 1. The van der Waals surface area contributed by atoms with E-state index >= 15 is 0 Å². The van der Waals surface area contributed by atoms with E-state index in [-0.39, 0.29) is 6.04 Å². The molecule has 2 aliphatic heterocycles. The summed E-state index contributed by atoms with van der Waals surface area (Å²) in [6.45, 7) is 5.25. The molecule has 0 spiro atoms. The van der Waals surface area contributed by atoms with Crippen LogP contribution in [-0.2, 0) is 0 Å². The van der Waals surface area contributed by atoms with Gasteiger partial charge in [0, 0.05) is 37.9 Å². The van der Waals surface area contributed by atoms with Gasteiger partial charge in [0.2, 0.25) is 0 Å². The van der Waals surface area contributed by atoms with Crippen LogP contribution in [0.4, 0.5) is 5.69 Å². The lowest BCUT2D eigenvalue weighted by Crippen LogP contribution is -2.60. The molecule has 2 saturated heterocycles. The molecule has 2 aliphatic rings. The summed E-state index contributed by atoms with van der Waals surface area (Å²) in [7, 11) is 0. The second-order valence-electron chi connectivity index (χ2n) is 6.68. The molecule has 122 valence electrons. The van der Waals surface area contributed by atoms with E-state index in [0.717, 1.165) is 26.1 Å².